The van der Waals surface area contributed by atoms with E-state index in [1.54, 1.807) is 19.2 Å². The van der Waals surface area contributed by atoms with Gasteiger partial charge in [-0.05, 0) is 73.5 Å². The second-order valence-corrected chi connectivity index (χ2v) is 10.6. The van der Waals surface area contributed by atoms with Crippen molar-refractivity contribution in [3.05, 3.63) is 78.4 Å². The highest BCUT2D eigenvalue weighted by molar-refractivity contribution is 7.89. The molecule has 0 aliphatic carbocycles. The van der Waals surface area contributed by atoms with Crippen molar-refractivity contribution in [2.45, 2.75) is 23.8 Å². The molecule has 2 heterocycles. The predicted molar refractivity (Wildman–Crippen MR) is 135 cm³/mol. The Hall–Kier alpha value is -3.53. The number of hydrogen-bond donors (Lipinski definition) is 2. The number of ether oxygens (including phenoxy) is 1. The SMILES string of the molecule is CN(C[C@H]1CCCO1)S(=O)(=O)c1ccc(C(=O)Nc2ccc(-c3nc4ccccc4[nH]3)cc2)cc1. The number of nitrogens with one attached hydrogen (secondary N) is 2. The Labute approximate surface area is 204 Å². The van der Waals surface area contributed by atoms with Crippen LogP contribution in [0.1, 0.15) is 23.2 Å². The highest BCUT2D eigenvalue weighted by atomic mass is 32.2. The topological polar surface area (TPSA) is 104 Å². The molecular weight excluding hydrogens is 464 g/mol. The summed E-state index contributed by atoms with van der Waals surface area (Å²) in [6.07, 6.45) is 1.74. The van der Waals surface area contributed by atoms with Gasteiger partial charge in [0.25, 0.3) is 5.91 Å². The van der Waals surface area contributed by atoms with E-state index in [-0.39, 0.29) is 16.9 Å². The fraction of sp³-hybridized carbons (Fsp3) is 0.231. The van der Waals surface area contributed by atoms with E-state index < -0.39 is 10.0 Å². The van der Waals surface area contributed by atoms with Crippen LogP contribution >= 0.6 is 0 Å². The molecule has 1 saturated heterocycles. The third-order valence-electron chi connectivity index (χ3n) is 6.11. The van der Waals surface area contributed by atoms with Crippen molar-refractivity contribution in [1.82, 2.24) is 14.3 Å². The summed E-state index contributed by atoms with van der Waals surface area (Å²) in [7, 11) is -2.11. The first-order chi connectivity index (χ1) is 16.9. The molecule has 1 aliphatic heterocycles. The zero-order chi connectivity index (χ0) is 24.4. The average Bonchev–Trinajstić information content (AvgIpc) is 3.54. The number of anilines is 1. The molecule has 1 aromatic heterocycles. The molecule has 180 valence electrons. The largest absolute Gasteiger partial charge is 0.377 e. The van der Waals surface area contributed by atoms with Crippen LogP contribution in [0.2, 0.25) is 0 Å². The monoisotopic (exact) mass is 490 g/mol. The van der Waals surface area contributed by atoms with E-state index in [1.165, 1.54) is 28.6 Å². The fourth-order valence-electron chi connectivity index (χ4n) is 4.14. The number of carbonyl (C=O) groups is 1. The van der Waals surface area contributed by atoms with Crippen LogP contribution in [0.25, 0.3) is 22.4 Å². The third kappa shape index (κ3) is 4.97. The molecule has 35 heavy (non-hydrogen) atoms. The number of imidazole rings is 1. The first kappa shape index (κ1) is 23.2. The van der Waals surface area contributed by atoms with Crippen molar-refractivity contribution in [3.63, 3.8) is 0 Å². The van der Waals surface area contributed by atoms with Gasteiger partial charge in [-0.3, -0.25) is 4.79 Å². The molecule has 1 amide bonds. The van der Waals surface area contributed by atoms with Gasteiger partial charge in [-0.15, -0.1) is 0 Å². The van der Waals surface area contributed by atoms with Crippen molar-refractivity contribution in [2.24, 2.45) is 0 Å². The number of aromatic amines is 1. The third-order valence-corrected chi connectivity index (χ3v) is 7.95. The molecule has 0 radical (unpaired) electrons. The number of benzene rings is 3. The van der Waals surface area contributed by atoms with Crippen LogP contribution in [0.4, 0.5) is 5.69 Å². The summed E-state index contributed by atoms with van der Waals surface area (Å²) in [6, 6.07) is 21.1. The van der Waals surface area contributed by atoms with E-state index in [0.717, 1.165) is 35.3 Å². The van der Waals surface area contributed by atoms with Gasteiger partial charge < -0.3 is 15.0 Å². The summed E-state index contributed by atoms with van der Waals surface area (Å²) in [5.41, 5.74) is 3.75. The summed E-state index contributed by atoms with van der Waals surface area (Å²) in [5, 5.41) is 2.85. The average molecular weight is 491 g/mol. The standard InChI is InChI=1S/C26H26N4O4S/c1-30(17-21-5-4-16-34-21)35(32,33)22-14-10-19(11-15-22)26(31)27-20-12-8-18(9-13-20)25-28-23-6-2-3-7-24(23)29-25/h2-3,6-15,21H,4-5,16-17H2,1H3,(H,27,31)(H,28,29)/t21-/m1/s1. The van der Waals surface area contributed by atoms with Crippen molar-refractivity contribution >= 4 is 32.7 Å². The molecule has 1 aliphatic rings. The number of H-pyrrole nitrogens is 1. The van der Waals surface area contributed by atoms with Crippen LogP contribution in [-0.4, -0.2) is 54.9 Å². The van der Waals surface area contributed by atoms with Gasteiger partial charge in [-0.1, -0.05) is 12.1 Å². The highest BCUT2D eigenvalue weighted by Crippen LogP contribution is 2.23. The molecule has 5 rings (SSSR count). The van der Waals surface area contributed by atoms with Gasteiger partial charge in [-0.2, -0.15) is 4.31 Å². The minimum atomic E-state index is -3.66. The van der Waals surface area contributed by atoms with E-state index in [4.69, 9.17) is 4.74 Å². The van der Waals surface area contributed by atoms with Gasteiger partial charge in [0.15, 0.2) is 0 Å². The van der Waals surface area contributed by atoms with E-state index in [2.05, 4.69) is 15.3 Å². The number of hydrogen-bond acceptors (Lipinski definition) is 5. The van der Waals surface area contributed by atoms with Crippen LogP contribution in [-0.2, 0) is 14.8 Å². The highest BCUT2D eigenvalue weighted by Gasteiger charge is 2.26. The number of rotatable bonds is 7. The smallest absolute Gasteiger partial charge is 0.255 e. The molecule has 1 fully saturated rings. The Morgan fingerprint density at radius 1 is 1.09 bits per heavy atom. The minimum absolute atomic E-state index is 0.0712. The Morgan fingerprint density at radius 3 is 2.51 bits per heavy atom. The second-order valence-electron chi connectivity index (χ2n) is 8.58. The lowest BCUT2D eigenvalue weighted by Crippen LogP contribution is -2.34. The van der Waals surface area contributed by atoms with Crippen LogP contribution < -0.4 is 5.32 Å². The zero-order valence-corrected chi connectivity index (χ0v) is 20.1. The molecule has 4 aromatic rings. The Morgan fingerprint density at radius 2 is 1.83 bits per heavy atom. The number of aromatic nitrogens is 2. The number of carbonyl (C=O) groups excluding carboxylic acids is 1. The van der Waals surface area contributed by atoms with Gasteiger partial charge in [0.05, 0.1) is 22.0 Å². The summed E-state index contributed by atoms with van der Waals surface area (Å²) < 4.78 is 32.6. The Bertz CT molecular complexity index is 1410. The van der Waals surface area contributed by atoms with E-state index >= 15 is 0 Å². The maximum absolute atomic E-state index is 12.9. The van der Waals surface area contributed by atoms with Crippen molar-refractivity contribution < 1.29 is 17.9 Å². The summed E-state index contributed by atoms with van der Waals surface area (Å²) in [4.78, 5) is 20.7. The van der Waals surface area contributed by atoms with Crippen LogP contribution in [0, 0.1) is 0 Å². The molecular formula is C26H26N4O4S. The quantitative estimate of drug-likeness (QED) is 0.402. The maximum Gasteiger partial charge on any atom is 0.255 e. The van der Waals surface area contributed by atoms with Gasteiger partial charge >= 0.3 is 0 Å². The lowest BCUT2D eigenvalue weighted by atomic mass is 10.1. The molecule has 0 unspecified atom stereocenters. The fourth-order valence-corrected chi connectivity index (χ4v) is 5.34. The lowest BCUT2D eigenvalue weighted by Gasteiger charge is -2.20. The lowest BCUT2D eigenvalue weighted by molar-refractivity contribution is 0.0979. The van der Waals surface area contributed by atoms with Gasteiger partial charge in [0.2, 0.25) is 10.0 Å². The predicted octanol–water partition coefficient (Wildman–Crippen LogP) is 4.28. The number of nitrogens with zero attached hydrogens (tertiary/aromatic N) is 2. The first-order valence-electron chi connectivity index (χ1n) is 11.4. The maximum atomic E-state index is 12.9. The Balaban J connectivity index is 1.24. The molecule has 3 aromatic carbocycles. The molecule has 2 N–H and O–H groups in total. The normalized spacial score (nSPS) is 16.1. The molecule has 9 heteroatoms. The van der Waals surface area contributed by atoms with Crippen molar-refractivity contribution in [2.75, 3.05) is 25.5 Å². The minimum Gasteiger partial charge on any atom is -0.377 e. The number of likely N-dealkylation sites (N-methyl/N-ethyl adjacent to an activating group) is 1. The van der Waals surface area contributed by atoms with E-state index in [0.29, 0.717) is 24.4 Å². The molecule has 0 bridgehead atoms. The van der Waals surface area contributed by atoms with Crippen LogP contribution in [0.5, 0.6) is 0 Å². The van der Waals surface area contributed by atoms with Crippen molar-refractivity contribution in [3.8, 4) is 11.4 Å². The zero-order valence-electron chi connectivity index (χ0n) is 19.3. The van der Waals surface area contributed by atoms with Gasteiger partial charge in [-0.25, -0.2) is 13.4 Å². The number of amides is 1. The number of sulfonamides is 1. The van der Waals surface area contributed by atoms with Crippen LogP contribution in [0.15, 0.2) is 77.7 Å². The number of fused-ring (bicyclic) bond motifs is 1. The van der Waals surface area contributed by atoms with Gasteiger partial charge in [0.1, 0.15) is 5.82 Å². The first-order valence-corrected chi connectivity index (χ1v) is 12.9. The summed E-state index contributed by atoms with van der Waals surface area (Å²) in [6.45, 7) is 0.986. The number of para-hydroxylation sites is 2. The summed E-state index contributed by atoms with van der Waals surface area (Å²) in [5.74, 6) is 0.434. The molecule has 1 atom stereocenters. The molecule has 0 spiro atoms. The molecule has 8 nitrogen and oxygen atoms in total. The van der Waals surface area contributed by atoms with Crippen LogP contribution in [0.3, 0.4) is 0 Å². The van der Waals surface area contributed by atoms with Crippen molar-refractivity contribution in [1.29, 1.82) is 0 Å². The Kier molecular flexibility index (Phi) is 6.38. The second kappa shape index (κ2) is 9.61. The van der Waals surface area contributed by atoms with Gasteiger partial charge in [0, 0.05) is 37.0 Å². The molecule has 0 saturated carbocycles. The van der Waals surface area contributed by atoms with E-state index in [9.17, 15) is 13.2 Å². The summed E-state index contributed by atoms with van der Waals surface area (Å²) >= 11 is 0. The van der Waals surface area contributed by atoms with E-state index in [1.807, 2.05) is 36.4 Å².